The maximum Gasteiger partial charge on any atom is 0.316 e. The van der Waals surface area contributed by atoms with E-state index < -0.39 is 0 Å². The highest BCUT2D eigenvalue weighted by molar-refractivity contribution is 6.62. The fourth-order valence-corrected chi connectivity index (χ4v) is 3.64. The van der Waals surface area contributed by atoms with Crippen LogP contribution in [-0.2, 0) is 6.42 Å². The zero-order valence-electron chi connectivity index (χ0n) is 15.0. The lowest BCUT2D eigenvalue weighted by Crippen LogP contribution is -2.42. The first-order valence-corrected chi connectivity index (χ1v) is 9.22. The number of hydrogen-bond acceptors (Lipinski definition) is 3. The van der Waals surface area contributed by atoms with Gasteiger partial charge in [-0.25, -0.2) is 0 Å². The Balaban J connectivity index is 1.84. The number of likely N-dealkylation sites (N-methyl/N-ethyl adjacent to an activating group) is 1. The zero-order valence-corrected chi connectivity index (χ0v) is 15.8. The second kappa shape index (κ2) is 9.28. The molecule has 1 atom stereocenters. The summed E-state index contributed by atoms with van der Waals surface area (Å²) in [7, 11) is 1.69. The highest BCUT2D eigenvalue weighted by Crippen LogP contribution is 2.21. The molecule has 1 aliphatic rings. The number of nitrogens with zero attached hydrogens (tertiary/aromatic N) is 2. The minimum atomic E-state index is -0.311. The number of ether oxygens (including phenoxy) is 1. The third kappa shape index (κ3) is 5.38. The number of carbonyl (C=O) groups is 1. The zero-order chi connectivity index (χ0) is 17.5. The molecule has 1 unspecified atom stereocenters. The van der Waals surface area contributed by atoms with E-state index in [2.05, 4.69) is 30.9 Å². The van der Waals surface area contributed by atoms with Gasteiger partial charge in [-0.3, -0.25) is 4.79 Å². The monoisotopic (exact) mass is 352 g/mol. The van der Waals surface area contributed by atoms with Gasteiger partial charge in [-0.2, -0.15) is 0 Å². The van der Waals surface area contributed by atoms with Crippen molar-refractivity contribution in [2.45, 2.75) is 39.2 Å². The van der Waals surface area contributed by atoms with E-state index in [-0.39, 0.29) is 5.37 Å². The molecule has 0 saturated carbocycles. The van der Waals surface area contributed by atoms with Crippen molar-refractivity contribution < 1.29 is 9.53 Å². The first-order valence-electron chi connectivity index (χ1n) is 8.84. The number of halogens is 1. The maximum absolute atomic E-state index is 11.2. The van der Waals surface area contributed by atoms with Gasteiger partial charge < -0.3 is 14.5 Å². The molecule has 2 rings (SSSR count). The molecule has 0 bridgehead atoms. The Hall–Kier alpha value is -1.26. The van der Waals surface area contributed by atoms with Crippen molar-refractivity contribution in [2.75, 3.05) is 33.3 Å². The molecule has 134 valence electrons. The molecule has 0 spiro atoms. The number of likely N-dealkylation sites (tertiary alicyclic amines) is 1. The number of methoxy groups -OCH3 is 1. The second-order valence-corrected chi connectivity index (χ2v) is 7.00. The van der Waals surface area contributed by atoms with E-state index in [0.717, 1.165) is 51.2 Å². The van der Waals surface area contributed by atoms with E-state index in [1.54, 1.807) is 12.0 Å². The quantitative estimate of drug-likeness (QED) is 0.549. The third-order valence-electron chi connectivity index (χ3n) is 5.08. The smallest absolute Gasteiger partial charge is 0.316 e. The molecule has 0 radical (unpaired) electrons. The van der Waals surface area contributed by atoms with Crippen LogP contribution in [0.25, 0.3) is 0 Å². The van der Waals surface area contributed by atoms with Gasteiger partial charge in [0.15, 0.2) is 0 Å². The fraction of sp³-hybridized carbons (Fsp3) is 0.632. The first kappa shape index (κ1) is 19.1. The van der Waals surface area contributed by atoms with E-state index in [1.165, 1.54) is 5.56 Å². The SMILES string of the molecule is CCN(CC1CCN(C(=O)Cl)CC1)C(C)Cc1ccc(OC)cc1. The van der Waals surface area contributed by atoms with Crippen molar-refractivity contribution in [2.24, 2.45) is 5.92 Å². The molecular weight excluding hydrogens is 324 g/mol. The number of benzene rings is 1. The number of rotatable bonds is 7. The third-order valence-corrected chi connectivity index (χ3v) is 5.31. The van der Waals surface area contributed by atoms with Gasteiger partial charge in [0.05, 0.1) is 7.11 Å². The van der Waals surface area contributed by atoms with E-state index >= 15 is 0 Å². The number of piperidine rings is 1. The Morgan fingerprint density at radius 2 is 1.96 bits per heavy atom. The van der Waals surface area contributed by atoms with Crippen LogP contribution in [0.2, 0.25) is 0 Å². The molecule has 4 nitrogen and oxygen atoms in total. The van der Waals surface area contributed by atoms with Gasteiger partial charge in [0, 0.05) is 25.7 Å². The molecule has 24 heavy (non-hydrogen) atoms. The van der Waals surface area contributed by atoms with Gasteiger partial charge in [0.2, 0.25) is 0 Å². The van der Waals surface area contributed by atoms with Crippen molar-refractivity contribution >= 4 is 17.0 Å². The predicted octanol–water partition coefficient (Wildman–Crippen LogP) is 4.02. The minimum absolute atomic E-state index is 0.311. The van der Waals surface area contributed by atoms with E-state index in [4.69, 9.17) is 16.3 Å². The molecule has 1 amide bonds. The number of amides is 1. The average molecular weight is 353 g/mol. The van der Waals surface area contributed by atoms with Gasteiger partial charge in [0.1, 0.15) is 5.75 Å². The molecule has 0 aromatic heterocycles. The molecule has 5 heteroatoms. The standard InChI is InChI=1S/C19H29ClN2O2/c1-4-21(14-17-9-11-22(12-10-17)19(20)23)15(2)13-16-5-7-18(24-3)8-6-16/h5-8,15,17H,4,9-14H2,1-3H3. The van der Waals surface area contributed by atoms with Crippen LogP contribution in [0.3, 0.4) is 0 Å². The van der Waals surface area contributed by atoms with Gasteiger partial charge >= 0.3 is 5.37 Å². The van der Waals surface area contributed by atoms with Crippen molar-refractivity contribution in [3.63, 3.8) is 0 Å². The minimum Gasteiger partial charge on any atom is -0.497 e. The van der Waals surface area contributed by atoms with Crippen LogP contribution in [0, 0.1) is 5.92 Å². The van der Waals surface area contributed by atoms with E-state index in [1.807, 2.05) is 12.1 Å². The number of hydrogen-bond donors (Lipinski definition) is 0. The number of carbonyl (C=O) groups excluding carboxylic acids is 1. The molecule has 0 N–H and O–H groups in total. The van der Waals surface area contributed by atoms with E-state index in [9.17, 15) is 4.79 Å². The Morgan fingerprint density at radius 1 is 1.33 bits per heavy atom. The van der Waals surface area contributed by atoms with Crippen LogP contribution >= 0.6 is 11.6 Å². The lowest BCUT2D eigenvalue weighted by Gasteiger charge is -2.36. The second-order valence-electron chi connectivity index (χ2n) is 6.67. The van der Waals surface area contributed by atoms with Gasteiger partial charge in [-0.05, 0) is 67.9 Å². The van der Waals surface area contributed by atoms with Gasteiger partial charge in [-0.1, -0.05) is 19.1 Å². The highest BCUT2D eigenvalue weighted by Gasteiger charge is 2.24. The van der Waals surface area contributed by atoms with Gasteiger partial charge in [0.25, 0.3) is 0 Å². The average Bonchev–Trinajstić information content (AvgIpc) is 2.60. The largest absolute Gasteiger partial charge is 0.497 e. The van der Waals surface area contributed by atoms with Gasteiger partial charge in [-0.15, -0.1) is 0 Å². The van der Waals surface area contributed by atoms with Crippen LogP contribution in [0.5, 0.6) is 5.75 Å². The molecule has 1 aromatic carbocycles. The summed E-state index contributed by atoms with van der Waals surface area (Å²) in [6.45, 7) is 8.24. The molecule has 1 saturated heterocycles. The fourth-order valence-electron chi connectivity index (χ4n) is 3.48. The summed E-state index contributed by atoms with van der Waals surface area (Å²) < 4.78 is 5.22. The van der Waals surface area contributed by atoms with Crippen LogP contribution in [-0.4, -0.2) is 54.5 Å². The summed E-state index contributed by atoms with van der Waals surface area (Å²) in [5.41, 5.74) is 1.34. The van der Waals surface area contributed by atoms with Crippen LogP contribution in [0.15, 0.2) is 24.3 Å². The summed E-state index contributed by atoms with van der Waals surface area (Å²) in [4.78, 5) is 15.5. The van der Waals surface area contributed by atoms with Crippen molar-refractivity contribution in [3.05, 3.63) is 29.8 Å². The Labute approximate surface area is 150 Å². The molecule has 1 fully saturated rings. The summed E-state index contributed by atoms with van der Waals surface area (Å²) in [5.74, 6) is 1.55. The predicted molar refractivity (Wildman–Crippen MR) is 99.0 cm³/mol. The molecule has 1 heterocycles. The summed E-state index contributed by atoms with van der Waals surface area (Å²) in [6.07, 6.45) is 3.13. The normalized spacial score (nSPS) is 17.1. The lowest BCUT2D eigenvalue weighted by atomic mass is 9.95. The summed E-state index contributed by atoms with van der Waals surface area (Å²) in [6, 6.07) is 8.84. The van der Waals surface area contributed by atoms with Crippen molar-refractivity contribution in [1.82, 2.24) is 9.80 Å². The Morgan fingerprint density at radius 3 is 2.46 bits per heavy atom. The lowest BCUT2D eigenvalue weighted by molar-refractivity contribution is 0.139. The maximum atomic E-state index is 11.2. The molecule has 1 aromatic rings. The topological polar surface area (TPSA) is 32.8 Å². The molecule has 0 aliphatic carbocycles. The Bertz CT molecular complexity index is 513. The Kier molecular flexibility index (Phi) is 7.38. The van der Waals surface area contributed by atoms with Crippen molar-refractivity contribution in [3.8, 4) is 5.75 Å². The van der Waals surface area contributed by atoms with Crippen LogP contribution in [0.4, 0.5) is 4.79 Å². The molecular formula is C19H29ClN2O2. The summed E-state index contributed by atoms with van der Waals surface area (Å²) >= 11 is 5.57. The van der Waals surface area contributed by atoms with Crippen molar-refractivity contribution in [1.29, 1.82) is 0 Å². The molecule has 1 aliphatic heterocycles. The first-order chi connectivity index (χ1) is 11.5. The van der Waals surface area contributed by atoms with Crippen LogP contribution < -0.4 is 4.74 Å². The summed E-state index contributed by atoms with van der Waals surface area (Å²) in [5, 5.41) is -0.311. The van der Waals surface area contributed by atoms with Crippen LogP contribution in [0.1, 0.15) is 32.3 Å². The highest BCUT2D eigenvalue weighted by atomic mass is 35.5. The van der Waals surface area contributed by atoms with E-state index in [0.29, 0.717) is 12.0 Å².